The summed E-state index contributed by atoms with van der Waals surface area (Å²) >= 11 is -0.472. The van der Waals surface area contributed by atoms with Crippen LogP contribution in [-0.2, 0) is 27.7 Å². The Bertz CT molecular complexity index is 384. The van der Waals surface area contributed by atoms with E-state index in [2.05, 4.69) is 0 Å². The third kappa shape index (κ3) is 9.95. The van der Waals surface area contributed by atoms with Crippen molar-refractivity contribution in [3.8, 4) is 11.5 Å². The van der Waals surface area contributed by atoms with Crippen LogP contribution < -0.4 is 18.0 Å². The van der Waals surface area contributed by atoms with Gasteiger partial charge in [-0.05, 0) is 24.1 Å². The molecule has 0 amide bonds. The molecular weight excluding hydrogens is 480 g/mol. The number of aromatic hydroxyl groups is 2. The topological polar surface area (TPSA) is 174 Å². The Hall–Kier alpha value is -0.562. The van der Waals surface area contributed by atoms with Crippen molar-refractivity contribution < 1.29 is 36.6 Å². The molecule has 7 nitrogen and oxygen atoms in total. The number of phenolic OH excluding ortho intramolecular Hbond substituents is 2. The van der Waals surface area contributed by atoms with Crippen LogP contribution in [0.5, 0.6) is 11.5 Å². The third-order valence-electron chi connectivity index (χ3n) is 1.81. The van der Waals surface area contributed by atoms with Crippen LogP contribution in [-0.4, -0.2) is 27.3 Å². The number of nitrogens with two attached hydrogens (primary N) is 1. The predicted octanol–water partition coefficient (Wildman–Crippen LogP) is 1.75. The van der Waals surface area contributed by atoms with E-state index in [1.165, 1.54) is 18.2 Å². The number of benzene rings is 1. The standard InChI is InChI=1S/C9H11NO4.2ClH.2H3N.Pt/c10-6(9(13)14)3-5-1-2-7(11)8(12)4-5;;;;;/h1-2,4,6,11-12H,3,10H2,(H,13,14);2*1H;2*1H3;/q;;;;;+2/p-2/t6-;;;;;/m0...../s1. The normalized spacial score (nSPS) is 10.3. The number of hydrogen-bond acceptors (Lipinski definition) is 6. The number of hydrogen-bond donors (Lipinski definition) is 6. The molecule has 11 N–H and O–H groups in total. The molecule has 0 spiro atoms. The molecular formula is C9H17Cl2N3O4Pt. The fourth-order valence-corrected chi connectivity index (χ4v) is 1.04. The van der Waals surface area contributed by atoms with Crippen LogP contribution in [0.4, 0.5) is 0 Å². The van der Waals surface area contributed by atoms with E-state index in [0.29, 0.717) is 5.56 Å². The Morgan fingerprint density at radius 2 is 1.74 bits per heavy atom. The van der Waals surface area contributed by atoms with Crippen molar-refractivity contribution in [1.29, 1.82) is 0 Å². The molecule has 0 aliphatic carbocycles. The summed E-state index contributed by atoms with van der Waals surface area (Å²) in [5, 5.41) is 26.6. The van der Waals surface area contributed by atoms with Crippen molar-refractivity contribution in [2.75, 3.05) is 0 Å². The molecule has 0 saturated heterocycles. The van der Waals surface area contributed by atoms with E-state index in [4.69, 9.17) is 39.9 Å². The van der Waals surface area contributed by atoms with Gasteiger partial charge in [0.05, 0.1) is 0 Å². The molecule has 1 atom stereocenters. The molecule has 0 bridgehead atoms. The minimum atomic E-state index is -1.10. The van der Waals surface area contributed by atoms with Gasteiger partial charge in [0.2, 0.25) is 0 Å². The third-order valence-corrected chi connectivity index (χ3v) is 1.81. The Morgan fingerprint density at radius 3 is 2.11 bits per heavy atom. The number of carboxylic acid groups (broad SMARTS) is 1. The van der Waals surface area contributed by atoms with Crippen molar-refractivity contribution in [2.45, 2.75) is 12.5 Å². The van der Waals surface area contributed by atoms with Gasteiger partial charge in [-0.25, -0.2) is 0 Å². The van der Waals surface area contributed by atoms with Crippen molar-refractivity contribution in [1.82, 2.24) is 12.3 Å². The SMILES string of the molecule is N.N.N[C@@H](Cc1ccc(O)c(O)c1)C(=O)O.[Cl][Pt][Cl]. The molecule has 0 fully saturated rings. The van der Waals surface area contributed by atoms with E-state index in [1.807, 2.05) is 0 Å². The second kappa shape index (κ2) is 12.5. The second-order valence-corrected chi connectivity index (χ2v) is 6.30. The van der Waals surface area contributed by atoms with Gasteiger partial charge in [0.15, 0.2) is 11.5 Å². The first-order chi connectivity index (χ1) is 7.92. The molecule has 0 saturated carbocycles. The van der Waals surface area contributed by atoms with Crippen LogP contribution in [0.25, 0.3) is 0 Å². The van der Waals surface area contributed by atoms with Crippen molar-refractivity contribution in [2.24, 2.45) is 5.73 Å². The van der Waals surface area contributed by atoms with E-state index in [-0.39, 0.29) is 30.2 Å². The van der Waals surface area contributed by atoms with Crippen LogP contribution in [0.15, 0.2) is 18.2 Å². The average molecular weight is 497 g/mol. The first-order valence-electron chi connectivity index (χ1n) is 4.24. The summed E-state index contributed by atoms with van der Waals surface area (Å²) in [6.45, 7) is 0. The zero-order valence-corrected chi connectivity index (χ0v) is 13.6. The van der Waals surface area contributed by atoms with E-state index in [9.17, 15) is 4.79 Å². The van der Waals surface area contributed by atoms with Crippen molar-refractivity contribution in [3.63, 3.8) is 0 Å². The van der Waals surface area contributed by atoms with Gasteiger partial charge in [-0.1, -0.05) is 6.07 Å². The summed E-state index contributed by atoms with van der Waals surface area (Å²) in [5.74, 6) is -1.62. The summed E-state index contributed by atoms with van der Waals surface area (Å²) in [4.78, 5) is 10.4. The van der Waals surface area contributed by atoms with Crippen LogP contribution >= 0.6 is 18.8 Å². The Balaban J connectivity index is -0.000000468. The molecule has 0 aromatic heterocycles. The van der Waals surface area contributed by atoms with E-state index in [0.717, 1.165) is 0 Å². The summed E-state index contributed by atoms with van der Waals surface area (Å²) in [5.41, 5.74) is 5.86. The number of halogens is 2. The Morgan fingerprint density at radius 1 is 1.26 bits per heavy atom. The molecule has 1 aromatic carbocycles. The molecule has 0 heterocycles. The first kappa shape index (κ1) is 23.5. The maximum atomic E-state index is 10.4. The molecule has 1 aromatic rings. The van der Waals surface area contributed by atoms with E-state index in [1.54, 1.807) is 0 Å². The average Bonchev–Trinajstić information content (AvgIpc) is 2.24. The van der Waals surface area contributed by atoms with E-state index < -0.39 is 28.5 Å². The van der Waals surface area contributed by atoms with Gasteiger partial charge in [-0.3, -0.25) is 4.79 Å². The summed E-state index contributed by atoms with van der Waals surface area (Å²) < 4.78 is 0. The van der Waals surface area contributed by atoms with Crippen LogP contribution in [0, 0.1) is 0 Å². The van der Waals surface area contributed by atoms with Gasteiger partial charge in [-0.15, -0.1) is 0 Å². The number of aliphatic carboxylic acids is 1. The predicted molar refractivity (Wildman–Crippen MR) is 70.8 cm³/mol. The zero-order valence-electron chi connectivity index (χ0n) is 9.83. The maximum absolute atomic E-state index is 10.4. The monoisotopic (exact) mass is 496 g/mol. The molecule has 10 heteroatoms. The number of phenols is 2. The van der Waals surface area contributed by atoms with Crippen molar-refractivity contribution >= 4 is 24.8 Å². The molecule has 0 unspecified atom stereocenters. The minimum absolute atomic E-state index is 0. The Labute approximate surface area is 127 Å². The Kier molecular flexibility index (Phi) is 15.4. The number of carbonyl (C=O) groups is 1. The molecule has 1 rings (SSSR count). The van der Waals surface area contributed by atoms with Gasteiger partial charge in [0, 0.05) is 0 Å². The first-order valence-corrected chi connectivity index (χ1v) is 9.87. The zero-order chi connectivity index (χ0) is 13.4. The van der Waals surface area contributed by atoms with Crippen LogP contribution in [0.2, 0.25) is 0 Å². The number of carboxylic acids is 1. The quantitative estimate of drug-likeness (QED) is 0.345. The molecule has 0 aliphatic heterocycles. The molecule has 19 heavy (non-hydrogen) atoms. The van der Waals surface area contributed by atoms with Crippen LogP contribution in [0.3, 0.4) is 0 Å². The fraction of sp³-hybridized carbons (Fsp3) is 0.222. The molecule has 0 radical (unpaired) electrons. The molecule has 116 valence electrons. The van der Waals surface area contributed by atoms with E-state index >= 15 is 0 Å². The number of rotatable bonds is 3. The van der Waals surface area contributed by atoms with Gasteiger partial charge < -0.3 is 33.4 Å². The van der Waals surface area contributed by atoms with Crippen molar-refractivity contribution in [3.05, 3.63) is 23.8 Å². The summed E-state index contributed by atoms with van der Waals surface area (Å²) in [6.07, 6.45) is 0.114. The van der Waals surface area contributed by atoms with Gasteiger partial charge in [-0.2, -0.15) is 0 Å². The summed E-state index contributed by atoms with van der Waals surface area (Å²) in [7, 11) is 9.75. The van der Waals surface area contributed by atoms with Gasteiger partial charge in [0.25, 0.3) is 0 Å². The second-order valence-electron chi connectivity index (χ2n) is 3.02. The van der Waals surface area contributed by atoms with Gasteiger partial charge in [0.1, 0.15) is 6.04 Å². The summed E-state index contributed by atoms with van der Waals surface area (Å²) in [6, 6.07) is 3.09. The van der Waals surface area contributed by atoms with Crippen LogP contribution in [0.1, 0.15) is 5.56 Å². The van der Waals surface area contributed by atoms with Gasteiger partial charge >= 0.3 is 41.3 Å². The molecule has 0 aliphatic rings. The fourth-order valence-electron chi connectivity index (χ4n) is 1.04.